The van der Waals surface area contributed by atoms with Crippen molar-refractivity contribution in [2.24, 2.45) is 5.73 Å². The second-order valence-electron chi connectivity index (χ2n) is 5.02. The molecular weight excluding hydrogens is 338 g/mol. The van der Waals surface area contributed by atoms with Crippen molar-refractivity contribution in [3.05, 3.63) is 59.7 Å². The molecular formula is C18H15N3O5. The summed E-state index contributed by atoms with van der Waals surface area (Å²) in [4.78, 5) is 34.7. The first-order valence-electron chi connectivity index (χ1n) is 7.47. The van der Waals surface area contributed by atoms with Gasteiger partial charge < -0.3 is 20.5 Å². The van der Waals surface area contributed by atoms with Gasteiger partial charge in [0, 0.05) is 0 Å². The van der Waals surface area contributed by atoms with Crippen LogP contribution in [0.4, 0.5) is 5.69 Å². The third-order valence-corrected chi connectivity index (χ3v) is 3.18. The number of hydrogen-bond acceptors (Lipinski definition) is 6. The number of hydrogen-bond donors (Lipinski definition) is 2. The summed E-state index contributed by atoms with van der Waals surface area (Å²) in [6.07, 6.45) is 0. The number of esters is 1. The fourth-order valence-electron chi connectivity index (χ4n) is 2.00. The molecule has 8 heteroatoms. The molecule has 0 spiro atoms. The first-order chi connectivity index (χ1) is 12.5. The highest BCUT2D eigenvalue weighted by molar-refractivity contribution is 5.96. The molecule has 0 saturated carbocycles. The molecule has 2 aromatic carbocycles. The molecule has 0 aromatic heterocycles. The first-order valence-corrected chi connectivity index (χ1v) is 7.47. The molecule has 2 amide bonds. The number of ether oxygens (including phenoxy) is 2. The number of benzene rings is 2. The van der Waals surface area contributed by atoms with E-state index in [1.54, 1.807) is 36.4 Å². The molecule has 26 heavy (non-hydrogen) atoms. The highest BCUT2D eigenvalue weighted by Gasteiger charge is 2.13. The first kappa shape index (κ1) is 18.5. The fraction of sp³-hybridized carbons (Fsp3) is 0.111. The van der Waals surface area contributed by atoms with Gasteiger partial charge in [-0.25, -0.2) is 4.79 Å². The molecule has 0 aliphatic rings. The number of nitrogens with zero attached hydrogens (tertiary/aromatic N) is 1. The van der Waals surface area contributed by atoms with Crippen molar-refractivity contribution < 1.29 is 23.9 Å². The van der Waals surface area contributed by atoms with E-state index in [9.17, 15) is 14.4 Å². The quantitative estimate of drug-likeness (QED) is 0.719. The Kier molecular flexibility index (Phi) is 6.28. The van der Waals surface area contributed by atoms with E-state index in [2.05, 4.69) is 5.32 Å². The van der Waals surface area contributed by atoms with Crippen LogP contribution < -0.4 is 15.8 Å². The molecule has 2 rings (SSSR count). The Morgan fingerprint density at radius 2 is 1.73 bits per heavy atom. The van der Waals surface area contributed by atoms with Crippen molar-refractivity contribution in [1.29, 1.82) is 5.26 Å². The standard InChI is InChI=1S/C18H15N3O5/c19-9-12-5-1-3-7-14(12)21-16(22)10-26-17(23)11-25-15-8-4-2-6-13(15)18(20)24/h1-8H,10-11H2,(H2,20,24)(H,21,22). The lowest BCUT2D eigenvalue weighted by molar-refractivity contribution is -0.149. The summed E-state index contributed by atoms with van der Waals surface area (Å²) in [6.45, 7) is -1.04. The zero-order valence-electron chi connectivity index (χ0n) is 13.6. The van der Waals surface area contributed by atoms with Gasteiger partial charge >= 0.3 is 5.97 Å². The lowest BCUT2D eigenvalue weighted by Crippen LogP contribution is -2.24. The summed E-state index contributed by atoms with van der Waals surface area (Å²) in [7, 11) is 0. The summed E-state index contributed by atoms with van der Waals surface area (Å²) < 4.78 is 9.99. The van der Waals surface area contributed by atoms with Crippen molar-refractivity contribution in [3.63, 3.8) is 0 Å². The molecule has 2 aromatic rings. The molecule has 0 atom stereocenters. The number of carbonyl (C=O) groups is 3. The highest BCUT2D eigenvalue weighted by atomic mass is 16.6. The van der Waals surface area contributed by atoms with Crippen molar-refractivity contribution in [1.82, 2.24) is 0 Å². The third kappa shape index (κ3) is 5.07. The summed E-state index contributed by atoms with van der Waals surface area (Å²) >= 11 is 0. The molecule has 3 N–H and O–H groups in total. The predicted molar refractivity (Wildman–Crippen MR) is 91.2 cm³/mol. The van der Waals surface area contributed by atoms with E-state index < -0.39 is 31.0 Å². The zero-order valence-corrected chi connectivity index (χ0v) is 13.6. The maximum absolute atomic E-state index is 11.8. The van der Waals surface area contributed by atoms with E-state index in [0.29, 0.717) is 11.3 Å². The average Bonchev–Trinajstić information content (AvgIpc) is 2.65. The van der Waals surface area contributed by atoms with E-state index in [1.807, 2.05) is 6.07 Å². The van der Waals surface area contributed by atoms with Gasteiger partial charge in [0.25, 0.3) is 11.8 Å². The molecule has 0 heterocycles. The van der Waals surface area contributed by atoms with Crippen LogP contribution in [0.3, 0.4) is 0 Å². The Bertz CT molecular complexity index is 873. The van der Waals surface area contributed by atoms with Crippen LogP contribution in [-0.2, 0) is 14.3 Å². The largest absolute Gasteiger partial charge is 0.481 e. The second kappa shape index (κ2) is 8.84. The third-order valence-electron chi connectivity index (χ3n) is 3.18. The molecule has 0 unspecified atom stereocenters. The van der Waals surface area contributed by atoms with Crippen molar-refractivity contribution in [2.75, 3.05) is 18.5 Å². The van der Waals surface area contributed by atoms with Crippen molar-refractivity contribution in [3.8, 4) is 11.8 Å². The van der Waals surface area contributed by atoms with Crippen LogP contribution >= 0.6 is 0 Å². The monoisotopic (exact) mass is 353 g/mol. The highest BCUT2D eigenvalue weighted by Crippen LogP contribution is 2.17. The summed E-state index contributed by atoms with van der Waals surface area (Å²) in [5.74, 6) is -1.94. The number of nitriles is 1. The SMILES string of the molecule is N#Cc1ccccc1NC(=O)COC(=O)COc1ccccc1C(N)=O. The molecule has 0 bridgehead atoms. The Hall–Kier alpha value is -3.86. The normalized spacial score (nSPS) is 9.65. The average molecular weight is 353 g/mol. The zero-order chi connectivity index (χ0) is 18.9. The Labute approximate surface area is 149 Å². The van der Waals surface area contributed by atoms with Gasteiger partial charge in [-0.3, -0.25) is 9.59 Å². The maximum Gasteiger partial charge on any atom is 0.344 e. The minimum absolute atomic E-state index is 0.131. The van der Waals surface area contributed by atoms with Gasteiger partial charge in [-0.15, -0.1) is 0 Å². The summed E-state index contributed by atoms with van der Waals surface area (Å²) in [5.41, 5.74) is 5.95. The Morgan fingerprint density at radius 1 is 1.04 bits per heavy atom. The van der Waals surface area contributed by atoms with Gasteiger partial charge in [0.2, 0.25) is 0 Å². The van der Waals surface area contributed by atoms with E-state index >= 15 is 0 Å². The smallest absolute Gasteiger partial charge is 0.344 e. The number of anilines is 1. The van der Waals surface area contributed by atoms with Crippen LogP contribution in [-0.4, -0.2) is 31.0 Å². The number of nitrogens with two attached hydrogens (primary N) is 1. The number of amides is 2. The van der Waals surface area contributed by atoms with Gasteiger partial charge in [0.15, 0.2) is 13.2 Å². The minimum Gasteiger partial charge on any atom is -0.481 e. The van der Waals surface area contributed by atoms with Crippen molar-refractivity contribution >= 4 is 23.5 Å². The number of para-hydroxylation sites is 2. The van der Waals surface area contributed by atoms with Crippen LogP contribution in [0.1, 0.15) is 15.9 Å². The Morgan fingerprint density at radius 3 is 2.46 bits per heavy atom. The van der Waals surface area contributed by atoms with Gasteiger partial charge in [-0.05, 0) is 24.3 Å². The maximum atomic E-state index is 11.8. The number of nitrogens with one attached hydrogen (secondary N) is 1. The molecule has 132 valence electrons. The van der Waals surface area contributed by atoms with Crippen molar-refractivity contribution in [2.45, 2.75) is 0 Å². The lowest BCUT2D eigenvalue weighted by atomic mass is 10.2. The van der Waals surface area contributed by atoms with Gasteiger partial charge in [0.05, 0.1) is 16.8 Å². The molecule has 0 radical (unpaired) electrons. The Balaban J connectivity index is 1.83. The fourth-order valence-corrected chi connectivity index (χ4v) is 2.00. The summed E-state index contributed by atoms with van der Waals surface area (Å²) in [6, 6.07) is 14.5. The topological polar surface area (TPSA) is 132 Å². The van der Waals surface area contributed by atoms with E-state index in [-0.39, 0.29) is 11.3 Å². The number of carbonyl (C=O) groups excluding carboxylic acids is 3. The van der Waals surface area contributed by atoms with Crippen LogP contribution in [0.25, 0.3) is 0 Å². The molecule has 8 nitrogen and oxygen atoms in total. The second-order valence-corrected chi connectivity index (χ2v) is 5.02. The van der Waals surface area contributed by atoms with Crippen LogP contribution in [0.5, 0.6) is 5.75 Å². The van der Waals surface area contributed by atoms with Gasteiger partial charge in [-0.1, -0.05) is 24.3 Å². The molecule has 0 aliphatic heterocycles. The lowest BCUT2D eigenvalue weighted by Gasteiger charge is -2.10. The van der Waals surface area contributed by atoms with E-state index in [0.717, 1.165) is 0 Å². The van der Waals surface area contributed by atoms with Crippen LogP contribution in [0.2, 0.25) is 0 Å². The predicted octanol–water partition coefficient (Wildman–Crippen LogP) is 1.22. The van der Waals surface area contributed by atoms with Gasteiger partial charge in [-0.2, -0.15) is 5.26 Å². The van der Waals surface area contributed by atoms with Crippen LogP contribution in [0.15, 0.2) is 48.5 Å². The van der Waals surface area contributed by atoms with E-state index in [1.165, 1.54) is 12.1 Å². The van der Waals surface area contributed by atoms with Gasteiger partial charge in [0.1, 0.15) is 11.8 Å². The molecule has 0 fully saturated rings. The number of primary amides is 1. The molecule has 0 saturated heterocycles. The number of rotatable bonds is 7. The minimum atomic E-state index is -0.798. The molecule has 0 aliphatic carbocycles. The van der Waals surface area contributed by atoms with E-state index in [4.69, 9.17) is 20.5 Å². The van der Waals surface area contributed by atoms with Crippen LogP contribution in [0, 0.1) is 11.3 Å². The summed E-state index contributed by atoms with van der Waals surface area (Å²) in [5, 5.41) is 11.4.